The number of hydrogen-bond acceptors (Lipinski definition) is 1. The van der Waals surface area contributed by atoms with Gasteiger partial charge in [-0.05, 0) is 12.8 Å². The van der Waals surface area contributed by atoms with Gasteiger partial charge in [-0.15, -0.1) is 0 Å². The van der Waals surface area contributed by atoms with Crippen LogP contribution in [0.15, 0.2) is 4.99 Å². The van der Waals surface area contributed by atoms with Gasteiger partial charge >= 0.3 is 0 Å². The molecule has 0 saturated carbocycles. The molecule has 0 amide bonds. The third kappa shape index (κ3) is 13.3. The first-order chi connectivity index (χ1) is 8.81. The van der Waals surface area contributed by atoms with E-state index in [2.05, 4.69) is 24.2 Å². The van der Waals surface area contributed by atoms with Crippen LogP contribution < -0.4 is 11.1 Å². The number of nitrogens with one attached hydrogen (secondary N) is 1. The Labute approximate surface area is 114 Å². The first-order valence-corrected chi connectivity index (χ1v) is 7.85. The summed E-state index contributed by atoms with van der Waals surface area (Å²) in [6.07, 6.45) is 13.1. The fourth-order valence-electron chi connectivity index (χ4n) is 1.89. The van der Waals surface area contributed by atoms with E-state index in [0.717, 1.165) is 19.5 Å². The van der Waals surface area contributed by atoms with E-state index in [9.17, 15) is 0 Å². The lowest BCUT2D eigenvalue weighted by molar-refractivity contribution is 0.578. The summed E-state index contributed by atoms with van der Waals surface area (Å²) in [7, 11) is 0. The zero-order valence-corrected chi connectivity index (χ0v) is 12.5. The van der Waals surface area contributed by atoms with Gasteiger partial charge < -0.3 is 11.1 Å². The van der Waals surface area contributed by atoms with Crippen molar-refractivity contribution in [1.29, 1.82) is 0 Å². The number of unbranched alkanes of at least 4 members (excludes halogenated alkanes) is 8. The van der Waals surface area contributed by atoms with Gasteiger partial charge in [-0.3, -0.25) is 4.99 Å². The second kappa shape index (κ2) is 14.3. The largest absolute Gasteiger partial charge is 0.370 e. The van der Waals surface area contributed by atoms with Crippen LogP contribution in [0.3, 0.4) is 0 Å². The Hall–Kier alpha value is -0.730. The monoisotopic (exact) mass is 255 g/mol. The molecule has 0 aliphatic rings. The number of aliphatic imine (C=N–C) groups is 1. The molecule has 3 heteroatoms. The van der Waals surface area contributed by atoms with Gasteiger partial charge in [0.15, 0.2) is 5.96 Å². The highest BCUT2D eigenvalue weighted by Crippen LogP contribution is 2.08. The molecule has 0 saturated heterocycles. The maximum atomic E-state index is 5.75. The van der Waals surface area contributed by atoms with Crippen LogP contribution in [0, 0.1) is 0 Å². The zero-order chi connectivity index (χ0) is 13.5. The molecule has 0 atom stereocenters. The molecular weight excluding hydrogens is 222 g/mol. The molecule has 0 aromatic carbocycles. The molecule has 0 radical (unpaired) electrons. The summed E-state index contributed by atoms with van der Waals surface area (Å²) in [4.78, 5) is 4.33. The summed E-state index contributed by atoms with van der Waals surface area (Å²) >= 11 is 0. The average molecular weight is 255 g/mol. The minimum atomic E-state index is 0.617. The minimum absolute atomic E-state index is 0.617. The Balaban J connectivity index is 3.20. The first kappa shape index (κ1) is 17.3. The number of rotatable bonds is 12. The van der Waals surface area contributed by atoms with E-state index >= 15 is 0 Å². The van der Waals surface area contributed by atoms with Crippen molar-refractivity contribution < 1.29 is 0 Å². The lowest BCUT2D eigenvalue weighted by atomic mass is 10.1. The number of hydrogen-bond donors (Lipinski definition) is 2. The fraction of sp³-hybridized carbons (Fsp3) is 0.933. The molecule has 0 aromatic rings. The lowest BCUT2D eigenvalue weighted by Gasteiger charge is -2.04. The van der Waals surface area contributed by atoms with Gasteiger partial charge in [-0.1, -0.05) is 65.2 Å². The fourth-order valence-corrected chi connectivity index (χ4v) is 1.89. The highest BCUT2D eigenvalue weighted by atomic mass is 15.1. The molecule has 108 valence electrons. The number of nitrogens with two attached hydrogens (primary N) is 1. The van der Waals surface area contributed by atoms with Crippen LogP contribution in [0.25, 0.3) is 0 Å². The van der Waals surface area contributed by atoms with Crippen LogP contribution in [-0.2, 0) is 0 Å². The van der Waals surface area contributed by atoms with Crippen molar-refractivity contribution in [1.82, 2.24) is 5.32 Å². The molecule has 0 aromatic heterocycles. The molecule has 0 unspecified atom stereocenters. The summed E-state index contributed by atoms with van der Waals surface area (Å²) in [6.45, 7) is 6.26. The van der Waals surface area contributed by atoms with Gasteiger partial charge in [0, 0.05) is 13.1 Å². The maximum absolute atomic E-state index is 5.75. The molecule has 0 spiro atoms. The van der Waals surface area contributed by atoms with Crippen LogP contribution in [0.2, 0.25) is 0 Å². The van der Waals surface area contributed by atoms with E-state index in [1.165, 1.54) is 57.8 Å². The summed E-state index contributed by atoms with van der Waals surface area (Å²) in [5.41, 5.74) is 5.75. The summed E-state index contributed by atoms with van der Waals surface area (Å²) < 4.78 is 0. The third-order valence-corrected chi connectivity index (χ3v) is 3.13. The van der Waals surface area contributed by atoms with Crippen LogP contribution in [0.4, 0.5) is 0 Å². The van der Waals surface area contributed by atoms with Gasteiger partial charge in [0.25, 0.3) is 0 Å². The zero-order valence-electron chi connectivity index (χ0n) is 12.5. The van der Waals surface area contributed by atoms with E-state index in [-0.39, 0.29) is 0 Å². The molecule has 18 heavy (non-hydrogen) atoms. The van der Waals surface area contributed by atoms with Crippen LogP contribution in [0.5, 0.6) is 0 Å². The molecule has 0 bridgehead atoms. The van der Waals surface area contributed by atoms with Gasteiger partial charge in [0.05, 0.1) is 0 Å². The molecule has 0 heterocycles. The van der Waals surface area contributed by atoms with Gasteiger partial charge in [-0.25, -0.2) is 0 Å². The Morgan fingerprint density at radius 1 is 0.833 bits per heavy atom. The van der Waals surface area contributed by atoms with Crippen molar-refractivity contribution in [3.63, 3.8) is 0 Å². The predicted molar refractivity (Wildman–Crippen MR) is 82.0 cm³/mol. The Kier molecular flexibility index (Phi) is 13.8. The second-order valence-corrected chi connectivity index (χ2v) is 5.02. The summed E-state index contributed by atoms with van der Waals surface area (Å²) in [6, 6.07) is 0. The SMILES string of the molecule is CCCCCCCCCCN=C(N)NCCCC. The van der Waals surface area contributed by atoms with Gasteiger partial charge in [0.1, 0.15) is 0 Å². The Morgan fingerprint density at radius 2 is 1.39 bits per heavy atom. The normalized spacial score (nSPS) is 11.8. The predicted octanol–water partition coefficient (Wildman–Crippen LogP) is 3.83. The number of nitrogens with zero attached hydrogens (tertiary/aromatic N) is 1. The van der Waals surface area contributed by atoms with Crippen LogP contribution in [-0.4, -0.2) is 19.0 Å². The molecule has 0 aliphatic carbocycles. The smallest absolute Gasteiger partial charge is 0.188 e. The van der Waals surface area contributed by atoms with Crippen LogP contribution in [0.1, 0.15) is 78.1 Å². The quantitative estimate of drug-likeness (QED) is 0.316. The van der Waals surface area contributed by atoms with Crippen molar-refractivity contribution >= 4 is 5.96 Å². The van der Waals surface area contributed by atoms with E-state index in [4.69, 9.17) is 5.73 Å². The Morgan fingerprint density at radius 3 is 2.00 bits per heavy atom. The first-order valence-electron chi connectivity index (χ1n) is 7.85. The van der Waals surface area contributed by atoms with Crippen molar-refractivity contribution in [2.45, 2.75) is 78.1 Å². The van der Waals surface area contributed by atoms with Crippen molar-refractivity contribution in [3.8, 4) is 0 Å². The van der Waals surface area contributed by atoms with Crippen molar-refractivity contribution in [2.75, 3.05) is 13.1 Å². The molecule has 3 nitrogen and oxygen atoms in total. The summed E-state index contributed by atoms with van der Waals surface area (Å²) in [5, 5.41) is 3.14. The standard InChI is InChI=1S/C15H33N3/c1-3-5-7-8-9-10-11-12-14-18-15(16)17-13-6-4-2/h3-14H2,1-2H3,(H3,16,17,18). The van der Waals surface area contributed by atoms with Gasteiger partial charge in [-0.2, -0.15) is 0 Å². The van der Waals surface area contributed by atoms with Crippen LogP contribution >= 0.6 is 0 Å². The third-order valence-electron chi connectivity index (χ3n) is 3.13. The van der Waals surface area contributed by atoms with Crippen molar-refractivity contribution in [3.05, 3.63) is 0 Å². The highest BCUT2D eigenvalue weighted by Gasteiger charge is 1.92. The lowest BCUT2D eigenvalue weighted by Crippen LogP contribution is -2.32. The molecule has 0 aliphatic heterocycles. The Bertz CT molecular complexity index is 190. The van der Waals surface area contributed by atoms with Crippen molar-refractivity contribution in [2.24, 2.45) is 10.7 Å². The molecule has 0 fully saturated rings. The average Bonchev–Trinajstić information content (AvgIpc) is 2.37. The van der Waals surface area contributed by atoms with E-state index in [1.54, 1.807) is 0 Å². The topological polar surface area (TPSA) is 50.4 Å². The van der Waals surface area contributed by atoms with E-state index in [0.29, 0.717) is 5.96 Å². The maximum Gasteiger partial charge on any atom is 0.188 e. The van der Waals surface area contributed by atoms with Gasteiger partial charge in [0.2, 0.25) is 0 Å². The summed E-state index contributed by atoms with van der Waals surface area (Å²) in [5.74, 6) is 0.617. The van der Waals surface area contributed by atoms with E-state index in [1.807, 2.05) is 0 Å². The minimum Gasteiger partial charge on any atom is -0.370 e. The second-order valence-electron chi connectivity index (χ2n) is 5.02. The molecular formula is C15H33N3. The number of guanidine groups is 1. The molecule has 3 N–H and O–H groups in total. The molecule has 0 rings (SSSR count). The highest BCUT2D eigenvalue weighted by molar-refractivity contribution is 5.77. The van der Waals surface area contributed by atoms with E-state index < -0.39 is 0 Å².